The lowest BCUT2D eigenvalue weighted by Gasteiger charge is -2.33. The molecule has 6 nitrogen and oxygen atoms in total. The molecular weight excluding hydrogens is 436 g/mol. The van der Waals surface area contributed by atoms with E-state index >= 15 is 0 Å². The Labute approximate surface area is 196 Å². The number of halogens is 2. The van der Waals surface area contributed by atoms with Crippen LogP contribution in [0.5, 0.6) is 0 Å². The van der Waals surface area contributed by atoms with Crippen LogP contribution in [0.4, 0.5) is 8.78 Å². The molecule has 3 aromatic heterocycles. The highest BCUT2D eigenvalue weighted by atomic mass is 19.1. The zero-order valence-electron chi connectivity index (χ0n) is 19.1. The molecule has 0 bridgehead atoms. The summed E-state index contributed by atoms with van der Waals surface area (Å²) in [5.74, 6) is -1.21. The van der Waals surface area contributed by atoms with Crippen LogP contribution < -0.4 is 0 Å². The molecule has 0 amide bonds. The number of hydrogen-bond acceptors (Lipinski definition) is 5. The Morgan fingerprint density at radius 3 is 2.71 bits per heavy atom. The van der Waals surface area contributed by atoms with Gasteiger partial charge in [0.1, 0.15) is 22.8 Å². The number of ether oxygens (including phenoxy) is 1. The van der Waals surface area contributed by atoms with Gasteiger partial charge in [0.25, 0.3) is 0 Å². The van der Waals surface area contributed by atoms with Gasteiger partial charge in [0.2, 0.25) is 0 Å². The second-order valence-corrected chi connectivity index (χ2v) is 9.49. The molecular formula is C26H25F2N5O. The standard InChI is InChI=1S/C26H25F2N5O/c1-14-11-29-26-23(31-14)10-22(32-25(26)20-6-3-18(27)9-21(20)28)16-7-15(2)34-24(8-16)17-12-30-33(13-17)19-4-5-19/h3,6,9-13,15-16,19,24H,4-5,7-8H2,1-2H3/t15-,16+,24+/m1/s1. The molecule has 2 aliphatic rings. The van der Waals surface area contributed by atoms with Crippen LogP contribution in [0.2, 0.25) is 0 Å². The predicted octanol–water partition coefficient (Wildman–Crippen LogP) is 5.83. The van der Waals surface area contributed by atoms with Gasteiger partial charge in [-0.3, -0.25) is 9.67 Å². The highest BCUT2D eigenvalue weighted by molar-refractivity contribution is 5.89. The number of aromatic nitrogens is 5. The maximum atomic E-state index is 14.8. The molecule has 0 unspecified atom stereocenters. The van der Waals surface area contributed by atoms with Crippen molar-refractivity contribution in [3.05, 3.63) is 71.4 Å². The SMILES string of the molecule is Cc1cnc2c(-c3ccc(F)cc3F)nc([C@H]3C[C@@H](C)O[C@H](c4cnn(C5CC5)c4)C3)cc2n1. The molecule has 0 spiro atoms. The molecule has 4 aromatic rings. The first kappa shape index (κ1) is 21.3. The molecule has 2 fully saturated rings. The average molecular weight is 462 g/mol. The van der Waals surface area contributed by atoms with Crippen molar-refractivity contribution in [2.45, 2.75) is 63.7 Å². The third-order valence-electron chi connectivity index (χ3n) is 6.70. The van der Waals surface area contributed by atoms with Gasteiger partial charge in [0.05, 0.1) is 35.7 Å². The zero-order chi connectivity index (χ0) is 23.4. The lowest BCUT2D eigenvalue weighted by atomic mass is 9.87. The third kappa shape index (κ3) is 3.96. The van der Waals surface area contributed by atoms with Crippen LogP contribution in [0.3, 0.4) is 0 Å². The molecule has 1 aliphatic carbocycles. The molecule has 1 aliphatic heterocycles. The second-order valence-electron chi connectivity index (χ2n) is 9.49. The Balaban J connectivity index is 1.41. The quantitative estimate of drug-likeness (QED) is 0.382. The Hall–Kier alpha value is -3.26. The molecule has 0 N–H and O–H groups in total. The van der Waals surface area contributed by atoms with Crippen molar-refractivity contribution in [1.29, 1.82) is 0 Å². The van der Waals surface area contributed by atoms with Gasteiger partial charge >= 0.3 is 0 Å². The van der Waals surface area contributed by atoms with Crippen LogP contribution >= 0.6 is 0 Å². The van der Waals surface area contributed by atoms with Crippen LogP contribution in [0.25, 0.3) is 22.3 Å². The molecule has 1 saturated heterocycles. The van der Waals surface area contributed by atoms with Crippen LogP contribution in [0, 0.1) is 18.6 Å². The van der Waals surface area contributed by atoms with Gasteiger partial charge in [-0.25, -0.2) is 18.7 Å². The van der Waals surface area contributed by atoms with Crippen LogP contribution in [-0.4, -0.2) is 30.8 Å². The van der Waals surface area contributed by atoms with E-state index in [-0.39, 0.29) is 23.7 Å². The van der Waals surface area contributed by atoms with E-state index in [4.69, 9.17) is 9.72 Å². The second kappa shape index (κ2) is 8.20. The fraction of sp³-hybridized carbons (Fsp3) is 0.385. The van der Waals surface area contributed by atoms with Crippen LogP contribution in [0.1, 0.15) is 67.6 Å². The van der Waals surface area contributed by atoms with E-state index in [2.05, 4.69) is 28.2 Å². The highest BCUT2D eigenvalue weighted by Crippen LogP contribution is 2.42. The summed E-state index contributed by atoms with van der Waals surface area (Å²) in [4.78, 5) is 14.0. The lowest BCUT2D eigenvalue weighted by Crippen LogP contribution is -2.25. The van der Waals surface area contributed by atoms with Crippen LogP contribution in [-0.2, 0) is 4.74 Å². The Kier molecular flexibility index (Phi) is 5.13. The minimum Gasteiger partial charge on any atom is -0.370 e. The average Bonchev–Trinajstić information content (AvgIpc) is 3.54. The Morgan fingerprint density at radius 1 is 1.06 bits per heavy atom. The van der Waals surface area contributed by atoms with Crippen molar-refractivity contribution in [1.82, 2.24) is 24.7 Å². The number of benzene rings is 1. The first-order valence-electron chi connectivity index (χ1n) is 11.7. The van der Waals surface area contributed by atoms with E-state index in [1.165, 1.54) is 25.0 Å². The Morgan fingerprint density at radius 2 is 1.91 bits per heavy atom. The van der Waals surface area contributed by atoms with Crippen LogP contribution in [0.15, 0.2) is 42.9 Å². The van der Waals surface area contributed by atoms with Crippen molar-refractivity contribution < 1.29 is 13.5 Å². The van der Waals surface area contributed by atoms with Crippen molar-refractivity contribution in [2.24, 2.45) is 0 Å². The lowest BCUT2D eigenvalue weighted by molar-refractivity contribution is -0.0506. The largest absolute Gasteiger partial charge is 0.370 e. The molecule has 174 valence electrons. The van der Waals surface area contributed by atoms with Crippen molar-refractivity contribution in [3.8, 4) is 11.3 Å². The summed E-state index contributed by atoms with van der Waals surface area (Å²) in [7, 11) is 0. The van der Waals surface area contributed by atoms with Crippen molar-refractivity contribution >= 4 is 11.0 Å². The summed E-state index contributed by atoms with van der Waals surface area (Å²) in [5, 5.41) is 4.53. The number of rotatable bonds is 4. The third-order valence-corrected chi connectivity index (χ3v) is 6.70. The van der Waals surface area contributed by atoms with Gasteiger partial charge in [-0.2, -0.15) is 5.10 Å². The van der Waals surface area contributed by atoms with E-state index in [0.717, 1.165) is 35.9 Å². The first-order chi connectivity index (χ1) is 16.4. The molecule has 0 radical (unpaired) electrons. The normalized spacial score (nSPS) is 22.9. The number of aryl methyl sites for hydroxylation is 1. The van der Waals surface area contributed by atoms with E-state index in [1.807, 2.05) is 23.9 Å². The van der Waals surface area contributed by atoms with Crippen molar-refractivity contribution in [2.75, 3.05) is 0 Å². The number of hydrogen-bond donors (Lipinski definition) is 0. The van der Waals surface area contributed by atoms with Gasteiger partial charge in [-0.1, -0.05) is 0 Å². The number of pyridine rings is 1. The Bertz CT molecular complexity index is 1380. The summed E-state index contributed by atoms with van der Waals surface area (Å²) < 4.78 is 36.7. The highest BCUT2D eigenvalue weighted by Gasteiger charge is 2.33. The van der Waals surface area contributed by atoms with E-state index in [9.17, 15) is 8.78 Å². The molecule has 8 heteroatoms. The van der Waals surface area contributed by atoms with E-state index in [0.29, 0.717) is 22.8 Å². The number of fused-ring (bicyclic) bond motifs is 1. The van der Waals surface area contributed by atoms with E-state index < -0.39 is 11.6 Å². The monoisotopic (exact) mass is 461 g/mol. The summed E-state index contributed by atoms with van der Waals surface area (Å²) in [5.41, 5.74) is 4.41. The molecule has 34 heavy (non-hydrogen) atoms. The van der Waals surface area contributed by atoms with Gasteiger partial charge in [0, 0.05) is 41.2 Å². The summed E-state index contributed by atoms with van der Waals surface area (Å²) >= 11 is 0. The summed E-state index contributed by atoms with van der Waals surface area (Å²) in [6.07, 6.45) is 9.46. The topological polar surface area (TPSA) is 65.7 Å². The molecule has 1 aromatic carbocycles. The van der Waals surface area contributed by atoms with Gasteiger partial charge in [-0.15, -0.1) is 0 Å². The minimum atomic E-state index is -0.668. The molecule has 1 saturated carbocycles. The molecule has 3 atom stereocenters. The fourth-order valence-electron chi connectivity index (χ4n) is 4.87. The summed E-state index contributed by atoms with van der Waals surface area (Å²) in [6, 6.07) is 6.00. The maximum absolute atomic E-state index is 14.8. The molecule has 6 rings (SSSR count). The maximum Gasteiger partial charge on any atom is 0.135 e. The van der Waals surface area contributed by atoms with Gasteiger partial charge < -0.3 is 4.74 Å². The molecule has 4 heterocycles. The fourth-order valence-corrected chi connectivity index (χ4v) is 4.87. The van der Waals surface area contributed by atoms with Gasteiger partial charge in [0.15, 0.2) is 0 Å². The van der Waals surface area contributed by atoms with Crippen molar-refractivity contribution in [3.63, 3.8) is 0 Å². The smallest absolute Gasteiger partial charge is 0.135 e. The predicted molar refractivity (Wildman–Crippen MR) is 123 cm³/mol. The van der Waals surface area contributed by atoms with E-state index in [1.54, 1.807) is 6.20 Å². The number of nitrogens with zero attached hydrogens (tertiary/aromatic N) is 5. The van der Waals surface area contributed by atoms with Gasteiger partial charge in [-0.05, 0) is 57.7 Å². The minimum absolute atomic E-state index is 0.0279. The zero-order valence-corrected chi connectivity index (χ0v) is 19.1. The first-order valence-corrected chi connectivity index (χ1v) is 11.7. The summed E-state index contributed by atoms with van der Waals surface area (Å²) in [6.45, 7) is 3.94.